The average Bonchev–Trinajstić information content (AvgIpc) is 2.27. The lowest BCUT2D eigenvalue weighted by atomic mass is 10.2. The molecule has 0 fully saturated rings. The lowest BCUT2D eigenvalue weighted by molar-refractivity contribution is 0.191. The second-order valence-electron chi connectivity index (χ2n) is 3.57. The van der Waals surface area contributed by atoms with Crippen LogP contribution in [0.4, 0.5) is 0 Å². The van der Waals surface area contributed by atoms with Gasteiger partial charge in [0.15, 0.2) is 5.43 Å². The molecule has 0 aliphatic heterocycles. The number of pyridine rings is 1. The highest BCUT2D eigenvalue weighted by atomic mass is 16.5. The van der Waals surface area contributed by atoms with Crippen LogP contribution in [0, 0.1) is 6.92 Å². The molecule has 0 unspecified atom stereocenters. The highest BCUT2D eigenvalue weighted by Crippen LogP contribution is 2.18. The number of hydrogen-bond donors (Lipinski definition) is 1. The fourth-order valence-electron chi connectivity index (χ4n) is 1.67. The molecule has 0 spiro atoms. The van der Waals surface area contributed by atoms with Gasteiger partial charge < -0.3 is 9.94 Å². The number of aryl methyl sites for hydroxylation is 1. The van der Waals surface area contributed by atoms with Crippen LogP contribution in [-0.2, 0) is 0 Å². The molecule has 0 saturated carbocycles. The SMILES string of the molecule is CCOc1ccc2c(c1)c(=O)cc(C)n2O. The van der Waals surface area contributed by atoms with E-state index in [2.05, 4.69) is 0 Å². The predicted octanol–water partition coefficient (Wildman–Crippen LogP) is 1.95. The molecule has 1 aromatic heterocycles. The molecule has 0 saturated heterocycles. The van der Waals surface area contributed by atoms with Crippen LogP contribution in [0.15, 0.2) is 29.1 Å². The van der Waals surface area contributed by atoms with Gasteiger partial charge in [0.1, 0.15) is 5.75 Å². The number of hydrogen-bond acceptors (Lipinski definition) is 3. The molecule has 1 heterocycles. The van der Waals surface area contributed by atoms with Gasteiger partial charge in [0, 0.05) is 6.07 Å². The fraction of sp³-hybridized carbons (Fsp3) is 0.250. The minimum Gasteiger partial charge on any atom is -0.494 e. The van der Waals surface area contributed by atoms with Crippen molar-refractivity contribution in [2.45, 2.75) is 13.8 Å². The Hall–Kier alpha value is -1.97. The highest BCUT2D eigenvalue weighted by molar-refractivity contribution is 5.80. The van der Waals surface area contributed by atoms with Crippen LogP contribution in [0.5, 0.6) is 5.75 Å². The molecule has 4 nitrogen and oxygen atoms in total. The Balaban J connectivity index is 2.75. The van der Waals surface area contributed by atoms with Gasteiger partial charge in [0.05, 0.1) is 23.2 Å². The van der Waals surface area contributed by atoms with Gasteiger partial charge in [0.25, 0.3) is 0 Å². The Labute approximate surface area is 92.7 Å². The lowest BCUT2D eigenvalue weighted by Gasteiger charge is -2.08. The third-order valence-corrected chi connectivity index (χ3v) is 2.45. The van der Waals surface area contributed by atoms with E-state index in [0.717, 1.165) is 4.73 Å². The summed E-state index contributed by atoms with van der Waals surface area (Å²) >= 11 is 0. The van der Waals surface area contributed by atoms with Crippen molar-refractivity contribution in [3.8, 4) is 5.75 Å². The van der Waals surface area contributed by atoms with E-state index in [1.807, 2.05) is 6.92 Å². The summed E-state index contributed by atoms with van der Waals surface area (Å²) in [6.07, 6.45) is 0. The van der Waals surface area contributed by atoms with Gasteiger partial charge in [-0.05, 0) is 32.0 Å². The monoisotopic (exact) mass is 219 g/mol. The van der Waals surface area contributed by atoms with Gasteiger partial charge >= 0.3 is 0 Å². The summed E-state index contributed by atoms with van der Waals surface area (Å²) in [5.41, 5.74) is 0.898. The van der Waals surface area contributed by atoms with Crippen LogP contribution in [-0.4, -0.2) is 16.5 Å². The largest absolute Gasteiger partial charge is 0.494 e. The van der Waals surface area contributed by atoms with Gasteiger partial charge in [-0.3, -0.25) is 4.79 Å². The van der Waals surface area contributed by atoms with Crippen molar-refractivity contribution in [1.82, 2.24) is 4.73 Å². The molecule has 16 heavy (non-hydrogen) atoms. The zero-order valence-corrected chi connectivity index (χ0v) is 9.23. The number of aromatic nitrogens is 1. The summed E-state index contributed by atoms with van der Waals surface area (Å²) in [7, 11) is 0. The molecule has 84 valence electrons. The maximum absolute atomic E-state index is 11.7. The maximum Gasteiger partial charge on any atom is 0.190 e. The van der Waals surface area contributed by atoms with Crippen molar-refractivity contribution in [3.05, 3.63) is 40.2 Å². The van der Waals surface area contributed by atoms with Gasteiger partial charge in [0.2, 0.25) is 0 Å². The summed E-state index contributed by atoms with van der Waals surface area (Å²) in [5, 5.41) is 10.2. The molecule has 0 amide bonds. The van der Waals surface area contributed by atoms with Crippen LogP contribution >= 0.6 is 0 Å². The van der Waals surface area contributed by atoms with Crippen molar-refractivity contribution in [2.75, 3.05) is 6.61 Å². The van der Waals surface area contributed by atoms with Gasteiger partial charge in [-0.2, -0.15) is 4.73 Å². The topological polar surface area (TPSA) is 51.5 Å². The van der Waals surface area contributed by atoms with E-state index >= 15 is 0 Å². The summed E-state index contributed by atoms with van der Waals surface area (Å²) < 4.78 is 6.32. The van der Waals surface area contributed by atoms with E-state index in [-0.39, 0.29) is 5.43 Å². The maximum atomic E-state index is 11.7. The lowest BCUT2D eigenvalue weighted by Crippen LogP contribution is -2.10. The second kappa shape index (κ2) is 3.89. The summed E-state index contributed by atoms with van der Waals surface area (Å²) in [6, 6.07) is 6.46. The molecule has 1 aromatic carbocycles. The molecule has 0 atom stereocenters. The first-order valence-electron chi connectivity index (χ1n) is 5.12. The summed E-state index contributed by atoms with van der Waals surface area (Å²) in [6.45, 7) is 4.10. The number of nitrogens with zero attached hydrogens (tertiary/aromatic N) is 1. The first-order valence-corrected chi connectivity index (χ1v) is 5.12. The standard InChI is InChI=1S/C12H13NO3/c1-3-16-9-4-5-11-10(7-9)12(14)6-8(2)13(11)15/h4-7,15H,3H2,1-2H3. The number of rotatable bonds is 2. The first-order chi connectivity index (χ1) is 7.63. The molecular weight excluding hydrogens is 206 g/mol. The number of benzene rings is 1. The summed E-state index contributed by atoms with van der Waals surface area (Å²) in [4.78, 5) is 11.7. The van der Waals surface area contributed by atoms with Crippen LogP contribution < -0.4 is 10.2 Å². The minimum absolute atomic E-state index is 0.112. The second-order valence-corrected chi connectivity index (χ2v) is 3.57. The third-order valence-electron chi connectivity index (χ3n) is 2.45. The molecule has 1 N–H and O–H groups in total. The normalized spacial score (nSPS) is 10.6. The van der Waals surface area contributed by atoms with E-state index in [1.165, 1.54) is 6.07 Å². The van der Waals surface area contributed by atoms with E-state index in [0.29, 0.717) is 29.0 Å². The Bertz CT molecular complexity index is 587. The molecule has 0 aliphatic rings. The quantitative estimate of drug-likeness (QED) is 0.785. The Morgan fingerprint density at radius 3 is 2.81 bits per heavy atom. The third kappa shape index (κ3) is 1.62. The first kappa shape index (κ1) is 10.5. The van der Waals surface area contributed by atoms with Crippen molar-refractivity contribution >= 4 is 10.9 Å². The van der Waals surface area contributed by atoms with Crippen LogP contribution in [0.3, 0.4) is 0 Å². The molecule has 2 rings (SSSR count). The van der Waals surface area contributed by atoms with E-state index < -0.39 is 0 Å². The highest BCUT2D eigenvalue weighted by Gasteiger charge is 2.06. The molecular formula is C12H13NO3. The van der Waals surface area contributed by atoms with E-state index in [1.54, 1.807) is 25.1 Å². The van der Waals surface area contributed by atoms with Crippen molar-refractivity contribution < 1.29 is 9.94 Å². The number of fused-ring (bicyclic) bond motifs is 1. The molecule has 4 heteroatoms. The molecule has 0 bridgehead atoms. The zero-order chi connectivity index (χ0) is 11.7. The predicted molar refractivity (Wildman–Crippen MR) is 61.3 cm³/mol. The van der Waals surface area contributed by atoms with Crippen LogP contribution in [0.1, 0.15) is 12.6 Å². The van der Waals surface area contributed by atoms with Crippen molar-refractivity contribution in [3.63, 3.8) is 0 Å². The molecule has 2 aromatic rings. The molecule has 0 aliphatic carbocycles. The van der Waals surface area contributed by atoms with Crippen molar-refractivity contribution in [2.24, 2.45) is 0 Å². The van der Waals surface area contributed by atoms with Crippen LogP contribution in [0.2, 0.25) is 0 Å². The van der Waals surface area contributed by atoms with Gasteiger partial charge in [-0.25, -0.2) is 0 Å². The zero-order valence-electron chi connectivity index (χ0n) is 9.23. The Morgan fingerprint density at radius 1 is 1.38 bits per heavy atom. The minimum atomic E-state index is -0.112. The average molecular weight is 219 g/mol. The van der Waals surface area contributed by atoms with Crippen molar-refractivity contribution in [1.29, 1.82) is 0 Å². The van der Waals surface area contributed by atoms with E-state index in [4.69, 9.17) is 4.74 Å². The Morgan fingerprint density at radius 2 is 2.12 bits per heavy atom. The summed E-state index contributed by atoms with van der Waals surface area (Å²) in [5.74, 6) is 0.635. The van der Waals surface area contributed by atoms with Crippen LogP contribution in [0.25, 0.3) is 10.9 Å². The number of ether oxygens (including phenoxy) is 1. The van der Waals surface area contributed by atoms with Gasteiger partial charge in [-0.15, -0.1) is 0 Å². The Kier molecular flexibility index (Phi) is 2.56. The smallest absolute Gasteiger partial charge is 0.190 e. The van der Waals surface area contributed by atoms with E-state index in [9.17, 15) is 10.0 Å². The molecule has 0 radical (unpaired) electrons. The van der Waals surface area contributed by atoms with Gasteiger partial charge in [-0.1, -0.05) is 0 Å². The fourth-order valence-corrected chi connectivity index (χ4v) is 1.67.